The molecule has 0 aliphatic heterocycles. The SMILES string of the molecule is Fc1ccc(C(Br)c2cc(F)c(F)cc2Cl)c(Cl)c1. The molecular formula is C13H6BrCl2F3. The van der Waals surface area contributed by atoms with Gasteiger partial charge in [-0.3, -0.25) is 0 Å². The Labute approximate surface area is 126 Å². The van der Waals surface area contributed by atoms with Crippen molar-refractivity contribution in [2.24, 2.45) is 0 Å². The van der Waals surface area contributed by atoms with Gasteiger partial charge in [-0.2, -0.15) is 0 Å². The maximum Gasteiger partial charge on any atom is 0.160 e. The van der Waals surface area contributed by atoms with Gasteiger partial charge in [-0.1, -0.05) is 45.2 Å². The van der Waals surface area contributed by atoms with Crippen molar-refractivity contribution in [3.05, 3.63) is 69.0 Å². The van der Waals surface area contributed by atoms with Crippen molar-refractivity contribution in [3.8, 4) is 0 Å². The topological polar surface area (TPSA) is 0 Å². The molecule has 0 aromatic heterocycles. The number of hydrogen-bond donors (Lipinski definition) is 0. The lowest BCUT2D eigenvalue weighted by atomic mass is 10.0. The van der Waals surface area contributed by atoms with Crippen molar-refractivity contribution in [3.63, 3.8) is 0 Å². The van der Waals surface area contributed by atoms with Gasteiger partial charge in [0.1, 0.15) is 5.82 Å². The van der Waals surface area contributed by atoms with E-state index >= 15 is 0 Å². The number of halogens is 6. The van der Waals surface area contributed by atoms with Crippen LogP contribution in [0.2, 0.25) is 10.0 Å². The highest BCUT2D eigenvalue weighted by molar-refractivity contribution is 9.09. The Morgan fingerprint density at radius 2 is 1.42 bits per heavy atom. The molecule has 0 radical (unpaired) electrons. The first-order valence-corrected chi connectivity index (χ1v) is 6.80. The predicted octanol–water partition coefficient (Wildman–Crippen LogP) is 5.90. The molecule has 0 heterocycles. The van der Waals surface area contributed by atoms with Gasteiger partial charge in [0.05, 0.1) is 4.83 Å². The molecule has 0 N–H and O–H groups in total. The van der Waals surface area contributed by atoms with Crippen LogP contribution in [0.25, 0.3) is 0 Å². The molecule has 2 rings (SSSR count). The third-order valence-corrected chi connectivity index (χ3v) is 4.19. The lowest BCUT2D eigenvalue weighted by molar-refractivity contribution is 0.507. The standard InChI is InChI=1S/C13H6BrCl2F3/c14-13(7-2-1-6(17)3-9(7)15)8-4-11(18)12(19)5-10(8)16/h1-5,13H. The molecule has 6 heteroatoms. The Hall–Kier alpha value is -0.710. The molecular weight excluding hydrogens is 364 g/mol. The molecule has 0 bridgehead atoms. The molecule has 100 valence electrons. The van der Waals surface area contributed by atoms with E-state index in [4.69, 9.17) is 23.2 Å². The van der Waals surface area contributed by atoms with Crippen molar-refractivity contribution in [1.29, 1.82) is 0 Å². The molecule has 0 aliphatic carbocycles. The molecule has 1 atom stereocenters. The van der Waals surface area contributed by atoms with Crippen LogP contribution in [0.5, 0.6) is 0 Å². The van der Waals surface area contributed by atoms with E-state index in [9.17, 15) is 13.2 Å². The monoisotopic (exact) mass is 368 g/mol. The average molecular weight is 370 g/mol. The van der Waals surface area contributed by atoms with Crippen LogP contribution in [-0.2, 0) is 0 Å². The van der Waals surface area contributed by atoms with Gasteiger partial charge < -0.3 is 0 Å². The molecule has 0 aliphatic rings. The van der Waals surface area contributed by atoms with Crippen molar-refractivity contribution in [2.75, 3.05) is 0 Å². The summed E-state index contributed by atoms with van der Waals surface area (Å²) in [6.45, 7) is 0. The smallest absolute Gasteiger partial charge is 0.160 e. The maximum absolute atomic E-state index is 13.3. The van der Waals surface area contributed by atoms with Gasteiger partial charge in [0.2, 0.25) is 0 Å². The summed E-state index contributed by atoms with van der Waals surface area (Å²) in [5.74, 6) is -2.52. The van der Waals surface area contributed by atoms with Crippen molar-refractivity contribution >= 4 is 39.1 Å². The quantitative estimate of drug-likeness (QED) is 0.457. The fourth-order valence-electron chi connectivity index (χ4n) is 1.61. The van der Waals surface area contributed by atoms with Gasteiger partial charge in [-0.15, -0.1) is 0 Å². The second-order valence-corrected chi connectivity index (χ2v) is 5.55. The van der Waals surface area contributed by atoms with E-state index in [0.717, 1.165) is 18.2 Å². The van der Waals surface area contributed by atoms with E-state index in [1.165, 1.54) is 12.1 Å². The molecule has 0 saturated carbocycles. The summed E-state index contributed by atoms with van der Waals surface area (Å²) in [4.78, 5) is -0.566. The first-order chi connectivity index (χ1) is 8.90. The van der Waals surface area contributed by atoms with Gasteiger partial charge in [0.15, 0.2) is 11.6 Å². The predicted molar refractivity (Wildman–Crippen MR) is 73.5 cm³/mol. The molecule has 1 unspecified atom stereocenters. The van der Waals surface area contributed by atoms with E-state index < -0.39 is 22.3 Å². The highest BCUT2D eigenvalue weighted by Crippen LogP contribution is 2.39. The summed E-state index contributed by atoms with van der Waals surface area (Å²) in [5.41, 5.74) is 0.824. The van der Waals surface area contributed by atoms with Gasteiger partial charge in [0.25, 0.3) is 0 Å². The van der Waals surface area contributed by atoms with E-state index in [1.54, 1.807) is 0 Å². The van der Waals surface area contributed by atoms with Crippen LogP contribution >= 0.6 is 39.1 Å². The van der Waals surface area contributed by atoms with E-state index in [2.05, 4.69) is 15.9 Å². The molecule has 0 spiro atoms. The minimum atomic E-state index is -1.03. The molecule has 2 aromatic carbocycles. The Bertz CT molecular complexity index is 632. The normalized spacial score (nSPS) is 12.5. The van der Waals surface area contributed by atoms with Crippen LogP contribution in [0.3, 0.4) is 0 Å². The number of benzene rings is 2. The van der Waals surface area contributed by atoms with Crippen LogP contribution in [-0.4, -0.2) is 0 Å². The molecule has 2 aromatic rings. The van der Waals surface area contributed by atoms with Crippen LogP contribution < -0.4 is 0 Å². The van der Waals surface area contributed by atoms with Crippen molar-refractivity contribution in [2.45, 2.75) is 4.83 Å². The number of hydrogen-bond acceptors (Lipinski definition) is 0. The fourth-order valence-corrected chi connectivity index (χ4v) is 3.18. The van der Waals surface area contributed by atoms with Gasteiger partial charge in [-0.25, -0.2) is 13.2 Å². The summed E-state index contributed by atoms with van der Waals surface area (Å²) in [5, 5.41) is 0.226. The minimum absolute atomic E-state index is 0.0566. The highest BCUT2D eigenvalue weighted by atomic mass is 79.9. The van der Waals surface area contributed by atoms with E-state index in [1.807, 2.05) is 0 Å². The third kappa shape index (κ3) is 3.07. The van der Waals surface area contributed by atoms with Gasteiger partial charge in [-0.05, 0) is 35.4 Å². The Balaban J connectivity index is 2.49. The summed E-state index contributed by atoms with van der Waals surface area (Å²) < 4.78 is 39.2. The van der Waals surface area contributed by atoms with Crippen LogP contribution in [0.1, 0.15) is 16.0 Å². The number of alkyl halides is 1. The fraction of sp³-hybridized carbons (Fsp3) is 0.0769. The number of rotatable bonds is 2. The molecule has 0 saturated heterocycles. The lowest BCUT2D eigenvalue weighted by Crippen LogP contribution is -1.98. The molecule has 0 fully saturated rings. The highest BCUT2D eigenvalue weighted by Gasteiger charge is 2.19. The summed E-state index contributed by atoms with van der Waals surface area (Å²) in [7, 11) is 0. The maximum atomic E-state index is 13.3. The van der Waals surface area contributed by atoms with Crippen molar-refractivity contribution in [1.82, 2.24) is 0 Å². The van der Waals surface area contributed by atoms with E-state index in [0.29, 0.717) is 11.1 Å². The second kappa shape index (κ2) is 5.73. The molecule has 19 heavy (non-hydrogen) atoms. The summed E-state index contributed by atoms with van der Waals surface area (Å²) in [6.07, 6.45) is 0. The van der Waals surface area contributed by atoms with Crippen molar-refractivity contribution < 1.29 is 13.2 Å². The zero-order valence-electron chi connectivity index (χ0n) is 9.23. The largest absolute Gasteiger partial charge is 0.207 e. The average Bonchev–Trinajstić information content (AvgIpc) is 2.33. The summed E-state index contributed by atoms with van der Waals surface area (Å²) >= 11 is 15.1. The lowest BCUT2D eigenvalue weighted by Gasteiger charge is -2.14. The third-order valence-electron chi connectivity index (χ3n) is 2.55. The Morgan fingerprint density at radius 1 is 0.842 bits per heavy atom. The summed E-state index contributed by atoms with van der Waals surface area (Å²) in [6, 6.07) is 5.69. The zero-order chi connectivity index (χ0) is 14.2. The Kier molecular flexibility index (Phi) is 4.43. The van der Waals surface area contributed by atoms with Gasteiger partial charge >= 0.3 is 0 Å². The van der Waals surface area contributed by atoms with Crippen LogP contribution in [0.4, 0.5) is 13.2 Å². The second-order valence-electron chi connectivity index (χ2n) is 3.82. The van der Waals surface area contributed by atoms with Crippen LogP contribution in [0.15, 0.2) is 30.3 Å². The Morgan fingerprint density at radius 3 is 2.05 bits per heavy atom. The first-order valence-electron chi connectivity index (χ1n) is 5.13. The minimum Gasteiger partial charge on any atom is -0.207 e. The van der Waals surface area contributed by atoms with Gasteiger partial charge in [0, 0.05) is 10.0 Å². The zero-order valence-corrected chi connectivity index (χ0v) is 12.3. The van der Waals surface area contributed by atoms with Crippen LogP contribution in [0, 0.1) is 17.5 Å². The first kappa shape index (κ1) is 14.7. The molecule has 0 amide bonds. The molecule has 0 nitrogen and oxygen atoms in total. The van der Waals surface area contributed by atoms with E-state index in [-0.39, 0.29) is 10.0 Å².